The molecule has 1 N–H and O–H groups in total. The van der Waals surface area contributed by atoms with Gasteiger partial charge in [0.2, 0.25) is 5.91 Å². The van der Waals surface area contributed by atoms with Gasteiger partial charge in [-0.05, 0) is 6.42 Å². The van der Waals surface area contributed by atoms with Crippen LogP contribution in [0.2, 0.25) is 0 Å². The maximum absolute atomic E-state index is 11.4. The summed E-state index contributed by atoms with van der Waals surface area (Å²) in [5.74, 6) is 2.32. The van der Waals surface area contributed by atoms with Gasteiger partial charge in [-0.15, -0.1) is 0 Å². The monoisotopic (exact) mass is 235 g/mol. The van der Waals surface area contributed by atoms with E-state index in [2.05, 4.69) is 12.2 Å². The highest BCUT2D eigenvalue weighted by Crippen LogP contribution is 2.21. The van der Waals surface area contributed by atoms with Crippen LogP contribution in [0.25, 0.3) is 0 Å². The van der Waals surface area contributed by atoms with E-state index in [-0.39, 0.29) is 11.3 Å². The number of hydrogen-bond donors (Lipinski definition) is 1. The lowest BCUT2D eigenvalue weighted by atomic mass is 9.96. The van der Waals surface area contributed by atoms with Gasteiger partial charge in [0.25, 0.3) is 0 Å². The molecule has 0 radical (unpaired) electrons. The first-order valence-corrected chi connectivity index (χ1v) is 7.50. The Morgan fingerprint density at radius 2 is 1.79 bits per heavy atom. The molecule has 0 heterocycles. The molecule has 0 spiro atoms. The fourth-order valence-electron chi connectivity index (χ4n) is 0.673. The molecule has 0 aromatic carbocycles. The van der Waals surface area contributed by atoms with Crippen molar-refractivity contribution < 1.29 is 4.79 Å². The molecule has 0 aliphatic carbocycles. The molecular weight excluding hydrogens is 214 g/mol. The normalized spacial score (nSPS) is 11.4. The van der Waals surface area contributed by atoms with Crippen molar-refractivity contribution in [3.63, 3.8) is 0 Å². The van der Waals surface area contributed by atoms with Gasteiger partial charge in [-0.3, -0.25) is 4.79 Å². The van der Waals surface area contributed by atoms with Crippen molar-refractivity contribution in [3.8, 4) is 0 Å². The summed E-state index contributed by atoms with van der Waals surface area (Å²) in [5, 5.41) is 2.93. The molecule has 84 valence electrons. The summed E-state index contributed by atoms with van der Waals surface area (Å²) in [6.07, 6.45) is 1.21. The van der Waals surface area contributed by atoms with Crippen molar-refractivity contribution in [2.24, 2.45) is 5.41 Å². The van der Waals surface area contributed by atoms with E-state index in [1.807, 2.05) is 42.4 Å². The van der Waals surface area contributed by atoms with Gasteiger partial charge in [-0.25, -0.2) is 0 Å². The third kappa shape index (κ3) is 7.56. The summed E-state index contributed by atoms with van der Waals surface area (Å²) in [7, 11) is 3.71. The zero-order valence-corrected chi connectivity index (χ0v) is 11.2. The van der Waals surface area contributed by atoms with Gasteiger partial charge in [0.15, 0.2) is 0 Å². The SMILES string of the molecule is CCCSSCCNC(=O)C(C)(C)C. The summed E-state index contributed by atoms with van der Waals surface area (Å²) >= 11 is 0. The first-order valence-electron chi connectivity index (χ1n) is 5.01. The first kappa shape index (κ1) is 14.2. The molecule has 0 saturated heterocycles. The summed E-state index contributed by atoms with van der Waals surface area (Å²) in [5.41, 5.74) is -0.263. The molecule has 0 aromatic rings. The highest BCUT2D eigenvalue weighted by molar-refractivity contribution is 8.76. The minimum atomic E-state index is -0.263. The van der Waals surface area contributed by atoms with Crippen molar-refractivity contribution in [3.05, 3.63) is 0 Å². The lowest BCUT2D eigenvalue weighted by Gasteiger charge is -2.17. The van der Waals surface area contributed by atoms with Crippen molar-refractivity contribution in [1.29, 1.82) is 0 Å². The number of rotatable bonds is 6. The van der Waals surface area contributed by atoms with Crippen molar-refractivity contribution in [2.45, 2.75) is 34.1 Å². The van der Waals surface area contributed by atoms with Crippen molar-refractivity contribution in [1.82, 2.24) is 5.32 Å². The zero-order valence-electron chi connectivity index (χ0n) is 9.55. The van der Waals surface area contributed by atoms with Crippen LogP contribution >= 0.6 is 21.6 Å². The standard InChI is InChI=1S/C10H21NOS2/c1-5-7-13-14-8-6-11-9(12)10(2,3)4/h5-8H2,1-4H3,(H,11,12). The second kappa shape index (κ2) is 7.46. The molecule has 1 amide bonds. The van der Waals surface area contributed by atoms with Gasteiger partial charge in [0, 0.05) is 23.5 Å². The van der Waals surface area contributed by atoms with E-state index in [1.54, 1.807) is 0 Å². The summed E-state index contributed by atoms with van der Waals surface area (Å²) in [6.45, 7) is 8.75. The molecule has 0 atom stereocenters. The van der Waals surface area contributed by atoms with E-state index < -0.39 is 0 Å². The molecule has 0 saturated carbocycles. The minimum absolute atomic E-state index is 0.138. The van der Waals surface area contributed by atoms with Crippen molar-refractivity contribution in [2.75, 3.05) is 18.1 Å². The van der Waals surface area contributed by atoms with Crippen LogP contribution < -0.4 is 5.32 Å². The Kier molecular flexibility index (Phi) is 7.55. The van der Waals surface area contributed by atoms with Gasteiger partial charge in [0.05, 0.1) is 0 Å². The molecule has 2 nitrogen and oxygen atoms in total. The van der Waals surface area contributed by atoms with Crippen LogP contribution in [-0.4, -0.2) is 24.0 Å². The number of carbonyl (C=O) groups excluding carboxylic acids is 1. The highest BCUT2D eigenvalue weighted by atomic mass is 33.1. The maximum Gasteiger partial charge on any atom is 0.225 e. The molecule has 14 heavy (non-hydrogen) atoms. The van der Waals surface area contributed by atoms with Crippen LogP contribution in [0.4, 0.5) is 0 Å². The minimum Gasteiger partial charge on any atom is -0.355 e. The predicted molar refractivity (Wildman–Crippen MR) is 67.7 cm³/mol. The van der Waals surface area contributed by atoms with Gasteiger partial charge in [-0.2, -0.15) is 0 Å². The molecule has 0 aliphatic heterocycles. The zero-order chi connectivity index (χ0) is 11.0. The third-order valence-electron chi connectivity index (χ3n) is 1.52. The molecule has 0 aliphatic rings. The smallest absolute Gasteiger partial charge is 0.225 e. The lowest BCUT2D eigenvalue weighted by Crippen LogP contribution is -2.35. The second-order valence-corrected chi connectivity index (χ2v) is 6.85. The van der Waals surface area contributed by atoms with Gasteiger partial charge in [0.1, 0.15) is 0 Å². The summed E-state index contributed by atoms with van der Waals surface area (Å²) in [6, 6.07) is 0. The molecule has 0 bridgehead atoms. The van der Waals surface area contributed by atoms with Gasteiger partial charge >= 0.3 is 0 Å². The average molecular weight is 235 g/mol. The largest absolute Gasteiger partial charge is 0.355 e. The van der Waals surface area contributed by atoms with Crippen LogP contribution in [-0.2, 0) is 4.79 Å². The van der Waals surface area contributed by atoms with E-state index in [4.69, 9.17) is 0 Å². The van der Waals surface area contributed by atoms with E-state index in [0.29, 0.717) is 0 Å². The topological polar surface area (TPSA) is 29.1 Å². The fourth-order valence-corrected chi connectivity index (χ4v) is 2.72. The Bertz CT molecular complexity index is 166. The lowest BCUT2D eigenvalue weighted by molar-refractivity contribution is -0.128. The molecule has 0 rings (SSSR count). The Hall–Kier alpha value is 0.170. The number of amides is 1. The van der Waals surface area contributed by atoms with Crippen molar-refractivity contribution >= 4 is 27.5 Å². The Labute approximate surface area is 95.4 Å². The van der Waals surface area contributed by atoms with E-state index in [0.717, 1.165) is 12.3 Å². The quantitative estimate of drug-likeness (QED) is 0.567. The van der Waals surface area contributed by atoms with E-state index in [1.165, 1.54) is 12.2 Å². The third-order valence-corrected chi connectivity index (χ3v) is 4.14. The van der Waals surface area contributed by atoms with E-state index in [9.17, 15) is 4.79 Å². The Morgan fingerprint density at radius 3 is 2.29 bits per heavy atom. The predicted octanol–water partition coefficient (Wildman–Crippen LogP) is 2.94. The highest BCUT2D eigenvalue weighted by Gasteiger charge is 2.19. The fraction of sp³-hybridized carbons (Fsp3) is 0.900. The summed E-state index contributed by atoms with van der Waals surface area (Å²) in [4.78, 5) is 11.4. The van der Waals surface area contributed by atoms with Gasteiger partial charge < -0.3 is 5.32 Å². The molecule has 0 aromatic heterocycles. The summed E-state index contributed by atoms with van der Waals surface area (Å²) < 4.78 is 0. The maximum atomic E-state index is 11.4. The number of carbonyl (C=O) groups is 1. The van der Waals surface area contributed by atoms with Crippen LogP contribution in [0.15, 0.2) is 0 Å². The van der Waals surface area contributed by atoms with Crippen LogP contribution in [0, 0.1) is 5.41 Å². The average Bonchev–Trinajstić information content (AvgIpc) is 2.09. The number of hydrogen-bond acceptors (Lipinski definition) is 3. The van der Waals surface area contributed by atoms with Crippen LogP contribution in [0.5, 0.6) is 0 Å². The molecule has 0 unspecified atom stereocenters. The first-order chi connectivity index (χ1) is 6.48. The van der Waals surface area contributed by atoms with Gasteiger partial charge in [-0.1, -0.05) is 49.3 Å². The Balaban J connectivity index is 3.33. The van der Waals surface area contributed by atoms with Crippen LogP contribution in [0.3, 0.4) is 0 Å². The second-order valence-electron chi connectivity index (χ2n) is 4.15. The number of nitrogens with one attached hydrogen (secondary N) is 1. The molecular formula is C10H21NOS2. The molecule has 4 heteroatoms. The molecule has 0 fully saturated rings. The van der Waals surface area contributed by atoms with Crippen LogP contribution in [0.1, 0.15) is 34.1 Å². The Morgan fingerprint density at radius 1 is 1.21 bits per heavy atom. The van der Waals surface area contributed by atoms with E-state index >= 15 is 0 Å².